The molecule has 1 rings (SSSR count). The van der Waals surface area contributed by atoms with Crippen LogP contribution in [0.25, 0.3) is 0 Å². The van der Waals surface area contributed by atoms with Crippen molar-refractivity contribution in [2.75, 3.05) is 27.9 Å². The summed E-state index contributed by atoms with van der Waals surface area (Å²) in [4.78, 5) is 11.2. The fraction of sp³-hybridized carbons (Fsp3) is 0.417. The summed E-state index contributed by atoms with van der Waals surface area (Å²) >= 11 is 0. The van der Waals surface area contributed by atoms with Crippen LogP contribution >= 0.6 is 0 Å². The minimum Gasteiger partial charge on any atom is -0.488 e. The van der Waals surface area contributed by atoms with E-state index in [9.17, 15) is 9.18 Å². The number of carbonyl (C=O) groups is 1. The van der Waals surface area contributed by atoms with Crippen molar-refractivity contribution < 1.29 is 28.1 Å². The maximum Gasteiger partial charge on any atom is 0.340 e. The van der Waals surface area contributed by atoms with E-state index in [4.69, 9.17) is 14.2 Å². The summed E-state index contributed by atoms with van der Waals surface area (Å²) in [6, 6.07) is 3.87. The van der Waals surface area contributed by atoms with Crippen molar-refractivity contribution in [2.24, 2.45) is 0 Å². The van der Waals surface area contributed by atoms with Gasteiger partial charge in [-0.3, -0.25) is 0 Å². The van der Waals surface area contributed by atoms with Crippen molar-refractivity contribution in [3.8, 4) is 5.75 Å². The number of esters is 1. The molecule has 100 valence electrons. The van der Waals surface area contributed by atoms with Gasteiger partial charge in [-0.05, 0) is 12.1 Å². The Morgan fingerprint density at radius 2 is 1.94 bits per heavy atom. The molecule has 0 radical (unpaired) electrons. The standard InChI is InChI=1S/C12H15FO5/c1-15-11(16-2)7-18-8-4-5-9(10(13)6-8)12(14)17-3/h4-6,11H,7H2,1-3H3. The molecule has 18 heavy (non-hydrogen) atoms. The second kappa shape index (κ2) is 6.93. The highest BCUT2D eigenvalue weighted by Gasteiger charge is 2.13. The summed E-state index contributed by atoms with van der Waals surface area (Å²) < 4.78 is 33.1. The number of halogens is 1. The third-order valence-electron chi connectivity index (χ3n) is 2.26. The fourth-order valence-electron chi connectivity index (χ4n) is 1.26. The van der Waals surface area contributed by atoms with Crippen LogP contribution in [0.4, 0.5) is 4.39 Å². The molecule has 0 saturated heterocycles. The number of hydrogen-bond donors (Lipinski definition) is 0. The third-order valence-corrected chi connectivity index (χ3v) is 2.26. The smallest absolute Gasteiger partial charge is 0.340 e. The molecule has 0 aliphatic carbocycles. The summed E-state index contributed by atoms with van der Waals surface area (Å²) in [6.45, 7) is 0.115. The molecule has 0 saturated carbocycles. The Labute approximate surface area is 104 Å². The Bertz CT molecular complexity index is 403. The van der Waals surface area contributed by atoms with Crippen molar-refractivity contribution in [1.29, 1.82) is 0 Å². The second-order valence-electron chi connectivity index (χ2n) is 3.35. The van der Waals surface area contributed by atoms with Crippen molar-refractivity contribution >= 4 is 5.97 Å². The quantitative estimate of drug-likeness (QED) is 0.573. The summed E-state index contributed by atoms with van der Waals surface area (Å²) in [7, 11) is 4.13. The van der Waals surface area contributed by atoms with Gasteiger partial charge in [0, 0.05) is 20.3 Å². The van der Waals surface area contributed by atoms with E-state index in [0.717, 1.165) is 6.07 Å². The first-order valence-electron chi connectivity index (χ1n) is 5.18. The minimum absolute atomic E-state index is 0.115. The Kier molecular flexibility index (Phi) is 5.54. The predicted molar refractivity (Wildman–Crippen MR) is 61.0 cm³/mol. The molecule has 6 heteroatoms. The van der Waals surface area contributed by atoms with Gasteiger partial charge in [-0.25, -0.2) is 9.18 Å². The van der Waals surface area contributed by atoms with E-state index in [-0.39, 0.29) is 17.9 Å². The zero-order chi connectivity index (χ0) is 13.5. The molecule has 0 N–H and O–H groups in total. The van der Waals surface area contributed by atoms with E-state index in [1.807, 2.05) is 0 Å². The Hall–Kier alpha value is -1.66. The number of methoxy groups -OCH3 is 3. The van der Waals surface area contributed by atoms with Gasteiger partial charge < -0.3 is 18.9 Å². The predicted octanol–water partition coefficient (Wildman–Crippen LogP) is 1.61. The van der Waals surface area contributed by atoms with Gasteiger partial charge in [-0.1, -0.05) is 0 Å². The summed E-state index contributed by atoms with van der Waals surface area (Å²) in [5.74, 6) is -1.16. The van der Waals surface area contributed by atoms with Crippen LogP contribution in [0.15, 0.2) is 18.2 Å². The van der Waals surface area contributed by atoms with Gasteiger partial charge in [0.05, 0.1) is 12.7 Å². The van der Waals surface area contributed by atoms with Gasteiger partial charge in [0.2, 0.25) is 0 Å². The molecule has 0 fully saturated rings. The molecule has 1 aromatic rings. The van der Waals surface area contributed by atoms with E-state index >= 15 is 0 Å². The first-order chi connectivity index (χ1) is 8.62. The largest absolute Gasteiger partial charge is 0.488 e. The molecule has 5 nitrogen and oxygen atoms in total. The van der Waals surface area contributed by atoms with Crippen LogP contribution in [0.2, 0.25) is 0 Å². The van der Waals surface area contributed by atoms with Gasteiger partial charge in [-0.2, -0.15) is 0 Å². The highest BCUT2D eigenvalue weighted by atomic mass is 19.1. The van der Waals surface area contributed by atoms with Crippen LogP contribution in [0, 0.1) is 5.82 Å². The summed E-state index contributed by atoms with van der Waals surface area (Å²) in [6.07, 6.45) is -0.534. The SMILES string of the molecule is COC(=O)c1ccc(OCC(OC)OC)cc1F. The number of rotatable bonds is 6. The van der Waals surface area contributed by atoms with Crippen LogP contribution in [0.3, 0.4) is 0 Å². The molecular formula is C12H15FO5. The third kappa shape index (κ3) is 3.68. The molecule has 0 unspecified atom stereocenters. The minimum atomic E-state index is -0.731. The lowest BCUT2D eigenvalue weighted by molar-refractivity contribution is -0.122. The van der Waals surface area contributed by atoms with Gasteiger partial charge in [0.1, 0.15) is 18.2 Å². The summed E-state index contributed by atoms with van der Waals surface area (Å²) in [5.41, 5.74) is -0.139. The molecule has 0 bridgehead atoms. The molecule has 0 atom stereocenters. The van der Waals surface area contributed by atoms with Crippen molar-refractivity contribution in [3.05, 3.63) is 29.6 Å². The van der Waals surface area contributed by atoms with Gasteiger partial charge in [-0.15, -0.1) is 0 Å². The Morgan fingerprint density at radius 3 is 2.44 bits per heavy atom. The van der Waals surface area contributed by atoms with E-state index in [2.05, 4.69) is 4.74 Å². The van der Waals surface area contributed by atoms with E-state index in [0.29, 0.717) is 0 Å². The highest BCUT2D eigenvalue weighted by molar-refractivity contribution is 5.89. The first kappa shape index (κ1) is 14.4. The zero-order valence-electron chi connectivity index (χ0n) is 10.4. The topological polar surface area (TPSA) is 54.0 Å². The number of ether oxygens (including phenoxy) is 4. The molecule has 0 heterocycles. The van der Waals surface area contributed by atoms with E-state index < -0.39 is 18.1 Å². The van der Waals surface area contributed by atoms with E-state index in [1.165, 1.54) is 33.5 Å². The fourth-order valence-corrected chi connectivity index (χ4v) is 1.26. The molecule has 1 aromatic carbocycles. The maximum atomic E-state index is 13.5. The van der Waals surface area contributed by atoms with Crippen LogP contribution < -0.4 is 4.74 Å². The Morgan fingerprint density at radius 1 is 1.28 bits per heavy atom. The van der Waals surface area contributed by atoms with Gasteiger partial charge in [0.15, 0.2) is 6.29 Å². The molecule has 0 spiro atoms. The second-order valence-corrected chi connectivity index (χ2v) is 3.35. The first-order valence-corrected chi connectivity index (χ1v) is 5.18. The maximum absolute atomic E-state index is 13.5. The van der Waals surface area contributed by atoms with Gasteiger partial charge >= 0.3 is 5.97 Å². The van der Waals surface area contributed by atoms with Crippen molar-refractivity contribution in [1.82, 2.24) is 0 Å². The van der Waals surface area contributed by atoms with Gasteiger partial charge in [0.25, 0.3) is 0 Å². The van der Waals surface area contributed by atoms with Crippen LogP contribution in [-0.4, -0.2) is 40.2 Å². The summed E-state index contributed by atoms with van der Waals surface area (Å²) in [5, 5.41) is 0. The van der Waals surface area contributed by atoms with Crippen LogP contribution in [0.5, 0.6) is 5.75 Å². The molecule has 0 aliphatic heterocycles. The average Bonchev–Trinajstić information content (AvgIpc) is 2.39. The molecular weight excluding hydrogens is 243 g/mol. The number of benzene rings is 1. The lowest BCUT2D eigenvalue weighted by atomic mass is 10.2. The monoisotopic (exact) mass is 258 g/mol. The van der Waals surface area contributed by atoms with Crippen molar-refractivity contribution in [2.45, 2.75) is 6.29 Å². The molecule has 0 amide bonds. The normalized spacial score (nSPS) is 10.5. The van der Waals surface area contributed by atoms with Crippen LogP contribution in [-0.2, 0) is 14.2 Å². The number of hydrogen-bond acceptors (Lipinski definition) is 5. The zero-order valence-corrected chi connectivity index (χ0v) is 10.4. The highest BCUT2D eigenvalue weighted by Crippen LogP contribution is 2.17. The van der Waals surface area contributed by atoms with Crippen molar-refractivity contribution in [3.63, 3.8) is 0 Å². The van der Waals surface area contributed by atoms with E-state index in [1.54, 1.807) is 0 Å². The molecule has 0 aromatic heterocycles. The Balaban J connectivity index is 2.70. The van der Waals surface area contributed by atoms with Crippen LogP contribution in [0.1, 0.15) is 10.4 Å². The lowest BCUT2D eigenvalue weighted by Gasteiger charge is -2.14. The number of carbonyl (C=O) groups excluding carboxylic acids is 1. The molecule has 0 aliphatic rings. The lowest BCUT2D eigenvalue weighted by Crippen LogP contribution is -2.22. The average molecular weight is 258 g/mol.